The van der Waals surface area contributed by atoms with Gasteiger partial charge in [-0.2, -0.15) is 0 Å². The van der Waals surface area contributed by atoms with Crippen molar-refractivity contribution in [1.82, 2.24) is 15.5 Å². The summed E-state index contributed by atoms with van der Waals surface area (Å²) in [7, 11) is 0. The minimum absolute atomic E-state index is 0.131. The molecule has 1 heterocycles. The van der Waals surface area contributed by atoms with Crippen molar-refractivity contribution in [2.75, 3.05) is 5.32 Å². The summed E-state index contributed by atoms with van der Waals surface area (Å²) in [5, 5.41) is 14.6. The number of nitrogens with zero attached hydrogens (tertiary/aromatic N) is 2. The van der Waals surface area contributed by atoms with Crippen LogP contribution in [0.5, 0.6) is 0 Å². The number of aromatic nitrogens is 2. The Kier molecular flexibility index (Phi) is 5.64. The van der Waals surface area contributed by atoms with Gasteiger partial charge in [0.2, 0.25) is 0 Å². The molecule has 5 heteroatoms. The third kappa shape index (κ3) is 4.56. The summed E-state index contributed by atoms with van der Waals surface area (Å²) in [6, 6.07) is 12.0. The van der Waals surface area contributed by atoms with Gasteiger partial charge in [-0.25, -0.2) is 0 Å². The van der Waals surface area contributed by atoms with Gasteiger partial charge in [-0.1, -0.05) is 51.3 Å². The van der Waals surface area contributed by atoms with Crippen molar-refractivity contribution in [3.8, 4) is 0 Å². The molecule has 2 aromatic rings. The Morgan fingerprint density at radius 1 is 1.04 bits per heavy atom. The number of anilines is 2. The van der Waals surface area contributed by atoms with E-state index in [1.165, 1.54) is 24.8 Å². The van der Waals surface area contributed by atoms with Gasteiger partial charge in [0.05, 0.1) is 0 Å². The molecule has 0 spiro atoms. The predicted octanol–water partition coefficient (Wildman–Crippen LogP) is 4.41. The zero-order valence-electron chi connectivity index (χ0n) is 15.0. The molecule has 132 valence electrons. The SMILES string of the molecule is CC(C)c1ccccc1Nc1ccc(C(=O)NC2CCCCC2)nn1. The summed E-state index contributed by atoms with van der Waals surface area (Å²) in [5.41, 5.74) is 2.61. The molecule has 1 fully saturated rings. The van der Waals surface area contributed by atoms with Gasteiger partial charge in [0, 0.05) is 11.7 Å². The van der Waals surface area contributed by atoms with Crippen LogP contribution in [0.3, 0.4) is 0 Å². The Balaban J connectivity index is 1.65. The number of hydrogen-bond acceptors (Lipinski definition) is 4. The molecule has 25 heavy (non-hydrogen) atoms. The Hall–Kier alpha value is -2.43. The van der Waals surface area contributed by atoms with Crippen LogP contribution in [0.2, 0.25) is 0 Å². The van der Waals surface area contributed by atoms with E-state index in [9.17, 15) is 4.79 Å². The Morgan fingerprint density at radius 3 is 2.48 bits per heavy atom. The second kappa shape index (κ2) is 8.10. The van der Waals surface area contributed by atoms with Gasteiger partial charge in [-0.3, -0.25) is 4.79 Å². The van der Waals surface area contributed by atoms with E-state index in [0.29, 0.717) is 17.4 Å². The number of rotatable bonds is 5. The number of carbonyl (C=O) groups excluding carboxylic acids is 1. The minimum Gasteiger partial charge on any atom is -0.348 e. The average Bonchev–Trinajstić information content (AvgIpc) is 2.63. The van der Waals surface area contributed by atoms with Crippen LogP contribution < -0.4 is 10.6 Å². The van der Waals surface area contributed by atoms with Gasteiger partial charge < -0.3 is 10.6 Å². The van der Waals surface area contributed by atoms with Gasteiger partial charge in [0.25, 0.3) is 5.91 Å². The highest BCUT2D eigenvalue weighted by molar-refractivity contribution is 5.92. The molecular weight excluding hydrogens is 312 g/mol. The quantitative estimate of drug-likeness (QED) is 0.847. The molecule has 0 unspecified atom stereocenters. The molecule has 1 aromatic carbocycles. The van der Waals surface area contributed by atoms with Crippen LogP contribution in [-0.2, 0) is 0 Å². The van der Waals surface area contributed by atoms with Gasteiger partial charge in [-0.05, 0) is 42.5 Å². The summed E-state index contributed by atoms with van der Waals surface area (Å²) < 4.78 is 0. The number of para-hydroxylation sites is 1. The lowest BCUT2D eigenvalue weighted by molar-refractivity contribution is 0.0921. The Bertz CT molecular complexity index is 706. The number of benzene rings is 1. The van der Waals surface area contributed by atoms with Gasteiger partial charge in [0.1, 0.15) is 0 Å². The molecule has 1 amide bonds. The van der Waals surface area contributed by atoms with E-state index in [1.54, 1.807) is 12.1 Å². The van der Waals surface area contributed by atoms with Crippen molar-refractivity contribution in [2.24, 2.45) is 0 Å². The predicted molar refractivity (Wildman–Crippen MR) is 100 cm³/mol. The van der Waals surface area contributed by atoms with Crippen LogP contribution in [0.4, 0.5) is 11.5 Å². The molecule has 5 nitrogen and oxygen atoms in total. The third-order valence-corrected chi connectivity index (χ3v) is 4.68. The Labute approximate surface area is 149 Å². The highest BCUT2D eigenvalue weighted by Gasteiger charge is 2.17. The first-order valence-corrected chi connectivity index (χ1v) is 9.14. The number of carbonyl (C=O) groups is 1. The maximum absolute atomic E-state index is 12.3. The molecule has 0 atom stereocenters. The summed E-state index contributed by atoms with van der Waals surface area (Å²) in [6.07, 6.45) is 5.77. The molecule has 0 saturated heterocycles. The second-order valence-corrected chi connectivity index (χ2v) is 6.98. The lowest BCUT2D eigenvalue weighted by Gasteiger charge is -2.22. The van der Waals surface area contributed by atoms with Crippen LogP contribution in [0.15, 0.2) is 36.4 Å². The zero-order valence-corrected chi connectivity index (χ0v) is 15.0. The fraction of sp³-hybridized carbons (Fsp3) is 0.450. The monoisotopic (exact) mass is 338 g/mol. The molecule has 0 bridgehead atoms. The highest BCUT2D eigenvalue weighted by Crippen LogP contribution is 2.26. The van der Waals surface area contributed by atoms with Crippen LogP contribution in [-0.4, -0.2) is 22.1 Å². The molecule has 1 saturated carbocycles. The summed E-state index contributed by atoms with van der Waals surface area (Å²) in [5.74, 6) is 0.924. The number of nitrogens with one attached hydrogen (secondary N) is 2. The van der Waals surface area contributed by atoms with Crippen molar-refractivity contribution in [2.45, 2.75) is 57.9 Å². The zero-order chi connectivity index (χ0) is 17.6. The molecule has 2 N–H and O–H groups in total. The van der Waals surface area contributed by atoms with Crippen LogP contribution >= 0.6 is 0 Å². The minimum atomic E-state index is -0.131. The van der Waals surface area contributed by atoms with Crippen LogP contribution in [0.1, 0.15) is 67.9 Å². The molecule has 0 aliphatic heterocycles. The fourth-order valence-corrected chi connectivity index (χ4v) is 3.28. The first-order chi connectivity index (χ1) is 12.1. The first-order valence-electron chi connectivity index (χ1n) is 9.14. The van der Waals surface area contributed by atoms with Crippen molar-refractivity contribution < 1.29 is 4.79 Å². The summed E-state index contributed by atoms with van der Waals surface area (Å²) >= 11 is 0. The third-order valence-electron chi connectivity index (χ3n) is 4.68. The van der Waals surface area contributed by atoms with E-state index < -0.39 is 0 Å². The van der Waals surface area contributed by atoms with E-state index in [1.807, 2.05) is 18.2 Å². The number of hydrogen-bond donors (Lipinski definition) is 2. The van der Waals surface area contributed by atoms with Crippen molar-refractivity contribution in [3.63, 3.8) is 0 Å². The van der Waals surface area contributed by atoms with E-state index in [2.05, 4.69) is 40.7 Å². The lowest BCUT2D eigenvalue weighted by atomic mass is 9.95. The maximum Gasteiger partial charge on any atom is 0.272 e. The summed E-state index contributed by atoms with van der Waals surface area (Å²) in [4.78, 5) is 12.3. The topological polar surface area (TPSA) is 66.9 Å². The molecule has 1 aliphatic rings. The fourth-order valence-electron chi connectivity index (χ4n) is 3.28. The standard InChI is InChI=1S/C20H26N4O/c1-14(2)16-10-6-7-11-17(16)22-19-13-12-18(23-24-19)20(25)21-15-8-4-3-5-9-15/h6-7,10-15H,3-5,8-9H2,1-2H3,(H,21,25)(H,22,24). The number of amides is 1. The van der Waals surface area contributed by atoms with Gasteiger partial charge >= 0.3 is 0 Å². The normalized spacial score (nSPS) is 15.2. The highest BCUT2D eigenvalue weighted by atomic mass is 16.2. The first kappa shape index (κ1) is 17.4. The smallest absolute Gasteiger partial charge is 0.272 e. The molecule has 0 radical (unpaired) electrons. The van der Waals surface area contributed by atoms with Crippen LogP contribution in [0.25, 0.3) is 0 Å². The maximum atomic E-state index is 12.3. The van der Waals surface area contributed by atoms with E-state index >= 15 is 0 Å². The molecular formula is C20H26N4O. The van der Waals surface area contributed by atoms with Crippen molar-refractivity contribution in [1.29, 1.82) is 0 Å². The van der Waals surface area contributed by atoms with Crippen molar-refractivity contribution >= 4 is 17.4 Å². The van der Waals surface area contributed by atoms with E-state index in [0.717, 1.165) is 18.5 Å². The molecule has 3 rings (SSSR count). The lowest BCUT2D eigenvalue weighted by Crippen LogP contribution is -2.36. The van der Waals surface area contributed by atoms with Crippen molar-refractivity contribution in [3.05, 3.63) is 47.7 Å². The van der Waals surface area contributed by atoms with Gasteiger partial charge in [-0.15, -0.1) is 10.2 Å². The Morgan fingerprint density at radius 2 is 1.80 bits per heavy atom. The van der Waals surface area contributed by atoms with E-state index in [-0.39, 0.29) is 11.9 Å². The van der Waals surface area contributed by atoms with E-state index in [4.69, 9.17) is 0 Å². The van der Waals surface area contributed by atoms with Gasteiger partial charge in [0.15, 0.2) is 11.5 Å². The summed E-state index contributed by atoms with van der Waals surface area (Å²) in [6.45, 7) is 4.32. The molecule has 1 aliphatic carbocycles. The second-order valence-electron chi connectivity index (χ2n) is 6.98. The average molecular weight is 338 g/mol. The molecule has 1 aromatic heterocycles. The van der Waals surface area contributed by atoms with Crippen LogP contribution in [0, 0.1) is 0 Å². The largest absolute Gasteiger partial charge is 0.348 e.